The van der Waals surface area contributed by atoms with E-state index in [1.54, 1.807) is 0 Å². The first-order valence-corrected chi connectivity index (χ1v) is 37.4. The van der Waals surface area contributed by atoms with Gasteiger partial charge in [-0.1, -0.05) is 360 Å². The number of unbranched alkanes of at least 4 members (excludes halogenated alkanes) is 2. The Labute approximate surface area is 478 Å². The highest BCUT2D eigenvalue weighted by atomic mass is 28.5. The predicted octanol–water partition coefficient (Wildman–Crippen LogP) is 9.44. The maximum Gasteiger partial charge on any atom is 0.390 e. The summed E-state index contributed by atoms with van der Waals surface area (Å²) in [5.41, 5.74) is 0. The van der Waals surface area contributed by atoms with Crippen molar-refractivity contribution < 1.29 is 16.5 Å². The van der Waals surface area contributed by atoms with E-state index < -0.39 is 42.3 Å². The van der Waals surface area contributed by atoms with Gasteiger partial charge in [0.05, 0.1) is 0 Å². The van der Waals surface area contributed by atoms with E-state index in [1.807, 2.05) is 0 Å². The lowest BCUT2D eigenvalue weighted by molar-refractivity contribution is 0.329. The van der Waals surface area contributed by atoms with Gasteiger partial charge in [-0.25, -0.2) is 0 Å². The van der Waals surface area contributed by atoms with E-state index in [9.17, 15) is 0 Å². The number of rotatable bonds is 23. The van der Waals surface area contributed by atoms with Crippen molar-refractivity contribution in [1.29, 1.82) is 0 Å². The fourth-order valence-corrected chi connectivity index (χ4v) is 39.3. The van der Waals surface area contributed by atoms with E-state index in [4.69, 9.17) is 16.5 Å². The van der Waals surface area contributed by atoms with Gasteiger partial charge < -0.3 is 16.5 Å². The van der Waals surface area contributed by atoms with Crippen LogP contribution in [0.4, 0.5) is 0 Å². The van der Waals surface area contributed by atoms with Gasteiger partial charge in [0.25, 0.3) is 8.32 Å². The van der Waals surface area contributed by atoms with E-state index in [2.05, 4.69) is 341 Å². The summed E-state index contributed by atoms with van der Waals surface area (Å²) in [6, 6.07) is 121. The first-order chi connectivity index (χ1) is 39.5. The molecule has 11 aromatic carbocycles. The molecule has 9 heteroatoms. The van der Waals surface area contributed by atoms with Crippen LogP contribution < -0.4 is 57.1 Å². The first-order valence-electron chi connectivity index (χ1n) is 28.0. The third kappa shape index (κ3) is 10.9. The summed E-state index contributed by atoms with van der Waals surface area (Å²) in [4.78, 5) is 0. The lowest BCUT2D eigenvalue weighted by Gasteiger charge is -2.50. The summed E-state index contributed by atoms with van der Waals surface area (Å²) in [6.45, 7) is 2.28. The van der Waals surface area contributed by atoms with Crippen LogP contribution in [0, 0.1) is 0 Å². The van der Waals surface area contributed by atoms with Gasteiger partial charge in [0, 0.05) is 0 Å². The van der Waals surface area contributed by atoms with Gasteiger partial charge in [-0.05, 0) is 63.1 Å². The second-order valence-corrected chi connectivity index (χ2v) is 37.1. The highest BCUT2D eigenvalue weighted by Gasteiger charge is 2.64. The smallest absolute Gasteiger partial charge is 0.390 e. The van der Waals surface area contributed by atoms with Crippen LogP contribution in [0.25, 0.3) is 0 Å². The van der Waals surface area contributed by atoms with Crippen LogP contribution >= 0.6 is 0 Å². The number of hydrogen-bond acceptors (Lipinski definition) is 4. The fourth-order valence-electron chi connectivity index (χ4n) is 11.4. The van der Waals surface area contributed by atoms with Crippen molar-refractivity contribution in [3.63, 3.8) is 0 Å². The van der Waals surface area contributed by atoms with E-state index in [0.717, 1.165) is 72.0 Å². The summed E-state index contributed by atoms with van der Waals surface area (Å²) in [7, 11) is -19.9. The summed E-state index contributed by atoms with van der Waals surface area (Å²) >= 11 is 0. The zero-order valence-corrected chi connectivity index (χ0v) is 50.2. The molecule has 0 N–H and O–H groups in total. The van der Waals surface area contributed by atoms with Crippen LogP contribution in [0.3, 0.4) is 0 Å². The number of benzene rings is 11. The van der Waals surface area contributed by atoms with Crippen molar-refractivity contribution in [2.75, 3.05) is 0 Å². The van der Waals surface area contributed by atoms with Crippen LogP contribution in [-0.2, 0) is 16.5 Å². The predicted molar refractivity (Wildman–Crippen MR) is 344 cm³/mol. The van der Waals surface area contributed by atoms with Crippen molar-refractivity contribution in [1.82, 2.24) is 0 Å². The van der Waals surface area contributed by atoms with Gasteiger partial charge in [0.15, 0.2) is 0 Å². The van der Waals surface area contributed by atoms with Gasteiger partial charge in [0.2, 0.25) is 8.32 Å². The molecule has 0 aliphatic carbocycles. The number of hydrogen-bond donors (Lipinski definition) is 0. The molecular formula is C71H66O4Si5. The van der Waals surface area contributed by atoms with Crippen LogP contribution in [0.15, 0.2) is 334 Å². The van der Waals surface area contributed by atoms with Gasteiger partial charge in [-0.3, -0.25) is 0 Å². The lowest BCUT2D eigenvalue weighted by Crippen LogP contribution is -2.85. The maximum atomic E-state index is 9.15. The molecule has 11 aromatic rings. The van der Waals surface area contributed by atoms with Gasteiger partial charge in [0.1, 0.15) is 0 Å². The molecular weight excluding hydrogens is 1060 g/mol. The van der Waals surface area contributed by atoms with E-state index in [1.165, 1.54) is 10.4 Å². The Morgan fingerprint density at radius 1 is 0.212 bits per heavy atom. The monoisotopic (exact) mass is 1120 g/mol. The zero-order valence-electron chi connectivity index (χ0n) is 45.2. The quantitative estimate of drug-likeness (QED) is 0.0364. The van der Waals surface area contributed by atoms with Crippen LogP contribution in [-0.4, -0.2) is 42.3 Å². The Bertz CT molecular complexity index is 3340. The highest BCUT2D eigenvalue weighted by Crippen LogP contribution is 2.31. The standard InChI is InChI=1S/C71H66O4Si5/c1-2-3-37-60-76(61-38-15-4-16-39-61,62-40-17-5-18-41-62)72-78(66-48-25-9-26-49-66,67-50-27-10-28-51-67)74-80(70-56-33-13-34-57-70,71-58-35-14-36-59-71)75-79(68-52-29-11-30-53-68,69-54-31-12-32-55-69)73-77(63-42-19-6-20-43-63,64-44-21-7-22-45-64)65-46-23-8-24-47-65/h4-36,38-59H,2-3,37,60H2,1H3. The minimum atomic E-state index is -4.37. The third-order valence-corrected chi connectivity index (χ3v) is 38.4. The Kier molecular flexibility index (Phi) is 17.1. The maximum absolute atomic E-state index is 9.15. The molecule has 80 heavy (non-hydrogen) atoms. The molecule has 0 aliphatic rings. The van der Waals surface area contributed by atoms with Crippen molar-refractivity contribution in [2.24, 2.45) is 0 Å². The Balaban J connectivity index is 1.30. The molecule has 0 unspecified atom stereocenters. The largest absolute Gasteiger partial charge is 0.422 e. The Morgan fingerprint density at radius 2 is 0.412 bits per heavy atom. The molecule has 0 fully saturated rings. The normalized spacial score (nSPS) is 12.2. The average Bonchev–Trinajstić information content (AvgIpc) is 3.64. The van der Waals surface area contributed by atoms with Crippen LogP contribution in [0.1, 0.15) is 26.2 Å². The molecule has 0 saturated heterocycles. The molecule has 11 rings (SSSR count). The molecule has 0 aliphatic heterocycles. The van der Waals surface area contributed by atoms with Crippen molar-refractivity contribution in [3.8, 4) is 0 Å². The average molecular weight is 1120 g/mol. The minimum absolute atomic E-state index is 0.841. The van der Waals surface area contributed by atoms with Gasteiger partial charge >= 0.3 is 25.7 Å². The second kappa shape index (κ2) is 25.2. The molecule has 0 amide bonds. The summed E-state index contributed by atoms with van der Waals surface area (Å²) in [5, 5.41) is 11.5. The van der Waals surface area contributed by atoms with Crippen molar-refractivity contribution >= 4 is 99.4 Å². The molecule has 0 saturated carbocycles. The second-order valence-electron chi connectivity index (χ2n) is 20.2. The molecule has 0 heterocycles. The topological polar surface area (TPSA) is 36.9 Å². The zero-order chi connectivity index (χ0) is 54.4. The highest BCUT2D eigenvalue weighted by molar-refractivity contribution is 7.17. The molecule has 0 atom stereocenters. The molecule has 394 valence electrons. The van der Waals surface area contributed by atoms with E-state index >= 15 is 0 Å². The minimum Gasteiger partial charge on any atom is -0.422 e. The van der Waals surface area contributed by atoms with Gasteiger partial charge in [-0.2, -0.15) is 0 Å². The SMILES string of the molecule is CCCCC[Si](O[Si](O[Si](O[Si](O[Si](c1ccccc1)(c1ccccc1)c1ccccc1)(c1ccccc1)c1ccccc1)(c1ccccc1)c1ccccc1)(c1ccccc1)c1ccccc1)(c1ccccc1)c1ccccc1. The molecule has 0 radical (unpaired) electrons. The van der Waals surface area contributed by atoms with E-state index in [0.29, 0.717) is 0 Å². The summed E-state index contributed by atoms with van der Waals surface area (Å²) < 4.78 is 36.2. The Morgan fingerprint density at radius 3 is 0.650 bits per heavy atom. The van der Waals surface area contributed by atoms with Crippen LogP contribution in [0.5, 0.6) is 0 Å². The van der Waals surface area contributed by atoms with Crippen molar-refractivity contribution in [2.45, 2.75) is 32.2 Å². The van der Waals surface area contributed by atoms with Crippen LogP contribution in [0.2, 0.25) is 6.04 Å². The lowest BCUT2D eigenvalue weighted by atomic mass is 10.3. The fraction of sp³-hybridized carbons (Fsp3) is 0.0704. The molecule has 0 bridgehead atoms. The molecule has 4 nitrogen and oxygen atoms in total. The van der Waals surface area contributed by atoms with Crippen molar-refractivity contribution in [3.05, 3.63) is 334 Å². The first kappa shape index (κ1) is 54.3. The van der Waals surface area contributed by atoms with E-state index in [-0.39, 0.29) is 0 Å². The molecule has 0 aromatic heterocycles. The van der Waals surface area contributed by atoms with Gasteiger partial charge in [-0.15, -0.1) is 0 Å². The summed E-state index contributed by atoms with van der Waals surface area (Å²) in [6.07, 6.45) is 3.12. The Hall–Kier alpha value is -7.66. The molecule has 0 spiro atoms. The third-order valence-electron chi connectivity index (χ3n) is 15.3. The summed E-state index contributed by atoms with van der Waals surface area (Å²) in [5.74, 6) is 0.